The minimum absolute atomic E-state index is 0.0948. The highest BCUT2D eigenvalue weighted by atomic mass is 31.2. The first kappa shape index (κ1) is 17.0. The van der Waals surface area contributed by atoms with Gasteiger partial charge in [0.05, 0.1) is 18.6 Å². The van der Waals surface area contributed by atoms with Crippen molar-refractivity contribution in [3.05, 3.63) is 18.3 Å². The minimum Gasteiger partial charge on any atom is -0.367 e. The lowest BCUT2D eigenvalue weighted by molar-refractivity contribution is 0.149. The second-order valence-corrected chi connectivity index (χ2v) is 7.96. The summed E-state index contributed by atoms with van der Waals surface area (Å²) in [5.74, 6) is 0. The molecule has 2 N–H and O–H groups in total. The van der Waals surface area contributed by atoms with Crippen molar-refractivity contribution in [1.29, 1.82) is 0 Å². The largest absolute Gasteiger partial charge is 0.367 e. The Morgan fingerprint density at radius 3 is 2.64 bits per heavy atom. The van der Waals surface area contributed by atoms with E-state index >= 15 is 0 Å². The predicted molar refractivity (Wildman–Crippen MR) is 81.3 cm³/mol. The van der Waals surface area contributed by atoms with Gasteiger partial charge in [-0.15, -0.1) is 0 Å². The molecule has 122 valence electrons. The van der Waals surface area contributed by atoms with E-state index in [1.54, 1.807) is 10.9 Å². The topological polar surface area (TPSA) is 110 Å². The molecular formula is C13H21N4O4P. The Morgan fingerprint density at radius 2 is 2.00 bits per heavy atom. The Bertz CT molecular complexity index is 689. The van der Waals surface area contributed by atoms with Gasteiger partial charge in [-0.2, -0.15) is 0 Å². The Balaban J connectivity index is 2.10. The number of ether oxygens (including phenoxy) is 1. The highest BCUT2D eigenvalue weighted by Crippen LogP contribution is 2.33. The zero-order valence-corrected chi connectivity index (χ0v) is 13.8. The molecule has 8 nitrogen and oxygen atoms in total. The quantitative estimate of drug-likeness (QED) is 0.611. The third-order valence-electron chi connectivity index (χ3n) is 2.91. The molecule has 0 unspecified atom stereocenters. The van der Waals surface area contributed by atoms with Crippen LogP contribution in [0.2, 0.25) is 0 Å². The van der Waals surface area contributed by atoms with Gasteiger partial charge in [-0.1, -0.05) is 20.8 Å². The van der Waals surface area contributed by atoms with Crippen molar-refractivity contribution in [2.24, 2.45) is 5.41 Å². The highest BCUT2D eigenvalue weighted by molar-refractivity contribution is 7.51. The Labute approximate surface area is 128 Å². The third kappa shape index (κ3) is 4.84. The van der Waals surface area contributed by atoms with Gasteiger partial charge >= 0.3 is 7.60 Å². The summed E-state index contributed by atoms with van der Waals surface area (Å²) >= 11 is 0. The number of aromatic nitrogens is 4. The van der Waals surface area contributed by atoms with Gasteiger partial charge in [-0.05, 0) is 11.8 Å². The van der Waals surface area contributed by atoms with Crippen molar-refractivity contribution in [1.82, 2.24) is 19.5 Å². The minimum atomic E-state index is -4.12. The summed E-state index contributed by atoms with van der Waals surface area (Å²) in [4.78, 5) is 30.4. The molecule has 2 aromatic rings. The molecule has 0 aliphatic heterocycles. The van der Waals surface area contributed by atoms with E-state index in [1.165, 1.54) is 6.33 Å². The molecule has 0 aromatic carbocycles. The van der Waals surface area contributed by atoms with Gasteiger partial charge in [-0.3, -0.25) is 4.57 Å². The molecule has 0 saturated heterocycles. The van der Waals surface area contributed by atoms with E-state index in [0.29, 0.717) is 12.2 Å². The van der Waals surface area contributed by atoms with Crippen molar-refractivity contribution >= 4 is 18.8 Å². The summed E-state index contributed by atoms with van der Waals surface area (Å²) in [7, 11) is -4.12. The van der Waals surface area contributed by atoms with Gasteiger partial charge in [0.15, 0.2) is 5.65 Å². The first-order valence-electron chi connectivity index (χ1n) is 6.93. The maximum absolute atomic E-state index is 10.7. The summed E-state index contributed by atoms with van der Waals surface area (Å²) in [6.45, 7) is 6.99. The Kier molecular flexibility index (Phi) is 4.97. The first-order chi connectivity index (χ1) is 10.2. The predicted octanol–water partition coefficient (Wildman–Crippen LogP) is 1.57. The smallest absolute Gasteiger partial charge is 0.350 e. The van der Waals surface area contributed by atoms with Gasteiger partial charge in [-0.25, -0.2) is 15.0 Å². The van der Waals surface area contributed by atoms with Gasteiger partial charge in [0.25, 0.3) is 0 Å². The molecule has 9 heteroatoms. The van der Waals surface area contributed by atoms with Gasteiger partial charge in [0, 0.05) is 6.54 Å². The average molecular weight is 328 g/mol. The van der Waals surface area contributed by atoms with Gasteiger partial charge < -0.3 is 19.1 Å². The zero-order valence-electron chi connectivity index (χ0n) is 12.9. The normalized spacial score (nSPS) is 13.0. The number of hydrogen-bond donors (Lipinski definition) is 2. The Hall–Kier alpha value is -1.34. The molecular weight excluding hydrogens is 307 g/mol. The van der Waals surface area contributed by atoms with Crippen LogP contribution in [0, 0.1) is 5.41 Å². The maximum atomic E-state index is 10.7. The fourth-order valence-electron chi connectivity index (χ4n) is 2.07. The molecule has 0 bridgehead atoms. The molecule has 0 spiro atoms. The second-order valence-electron chi connectivity index (χ2n) is 6.37. The number of imidazole rings is 1. The van der Waals surface area contributed by atoms with E-state index in [9.17, 15) is 4.57 Å². The zero-order chi connectivity index (χ0) is 16.4. The van der Waals surface area contributed by atoms with Crippen molar-refractivity contribution < 1.29 is 19.1 Å². The fourth-order valence-corrected chi connectivity index (χ4v) is 2.44. The number of rotatable bonds is 6. The van der Waals surface area contributed by atoms with Crippen LogP contribution in [0.3, 0.4) is 0 Å². The molecule has 22 heavy (non-hydrogen) atoms. The van der Waals surface area contributed by atoms with Crippen molar-refractivity contribution in [2.75, 3.05) is 13.0 Å². The van der Waals surface area contributed by atoms with Crippen LogP contribution in [0.25, 0.3) is 11.2 Å². The monoisotopic (exact) mass is 328 g/mol. The molecule has 2 heterocycles. The number of hydrogen-bond acceptors (Lipinski definition) is 5. The van der Waals surface area contributed by atoms with Crippen LogP contribution in [0.4, 0.5) is 0 Å². The summed E-state index contributed by atoms with van der Waals surface area (Å²) in [5.41, 5.74) is 2.45. The van der Waals surface area contributed by atoms with Crippen LogP contribution in [0.1, 0.15) is 26.5 Å². The molecule has 0 radical (unpaired) electrons. The van der Waals surface area contributed by atoms with Crippen molar-refractivity contribution in [2.45, 2.75) is 33.7 Å². The lowest BCUT2D eigenvalue weighted by Crippen LogP contribution is -2.11. The van der Waals surface area contributed by atoms with Crippen molar-refractivity contribution in [3.63, 3.8) is 0 Å². The van der Waals surface area contributed by atoms with Crippen LogP contribution in [-0.4, -0.2) is 42.3 Å². The molecule has 0 atom stereocenters. The van der Waals surface area contributed by atoms with Crippen LogP contribution in [0.15, 0.2) is 12.7 Å². The van der Waals surface area contributed by atoms with E-state index in [1.807, 2.05) is 0 Å². The average Bonchev–Trinajstić information content (AvgIpc) is 2.76. The highest BCUT2D eigenvalue weighted by Gasteiger charge is 2.17. The summed E-state index contributed by atoms with van der Waals surface area (Å²) in [6, 6.07) is 0. The van der Waals surface area contributed by atoms with E-state index in [2.05, 4.69) is 35.7 Å². The molecule has 2 aromatic heterocycles. The molecule has 0 saturated carbocycles. The second kappa shape index (κ2) is 6.42. The Morgan fingerprint density at radius 1 is 1.27 bits per heavy atom. The standard InChI is InChI=1S/C13H21N4O4P/c1-13(2,3)6-10-11-12(15-7-14-10)17(8-16-11)4-5-21-9-22(18,19)20/h7-8H,4-6,9H2,1-3H3,(H2,18,19,20). The molecule has 0 aliphatic rings. The summed E-state index contributed by atoms with van der Waals surface area (Å²) in [5, 5.41) is 0. The maximum Gasteiger partial charge on any atom is 0.350 e. The van der Waals surface area contributed by atoms with E-state index in [0.717, 1.165) is 17.6 Å². The van der Waals surface area contributed by atoms with Crippen molar-refractivity contribution in [3.8, 4) is 0 Å². The molecule has 2 rings (SSSR count). The van der Waals surface area contributed by atoms with Gasteiger partial charge in [0.2, 0.25) is 0 Å². The lowest BCUT2D eigenvalue weighted by Gasteiger charge is -2.17. The first-order valence-corrected chi connectivity index (χ1v) is 8.72. The van der Waals surface area contributed by atoms with Crippen LogP contribution < -0.4 is 0 Å². The van der Waals surface area contributed by atoms with Gasteiger partial charge in [0.1, 0.15) is 18.2 Å². The van der Waals surface area contributed by atoms with Crippen LogP contribution in [0.5, 0.6) is 0 Å². The lowest BCUT2D eigenvalue weighted by atomic mass is 9.90. The molecule has 0 fully saturated rings. The van der Waals surface area contributed by atoms with Crippen LogP contribution in [-0.2, 0) is 22.3 Å². The van der Waals surface area contributed by atoms with E-state index < -0.39 is 13.9 Å². The summed E-state index contributed by atoms with van der Waals surface area (Å²) < 4.78 is 17.5. The molecule has 0 amide bonds. The fraction of sp³-hybridized carbons (Fsp3) is 0.615. The van der Waals surface area contributed by atoms with E-state index in [-0.39, 0.29) is 12.0 Å². The molecule has 0 aliphatic carbocycles. The third-order valence-corrected chi connectivity index (χ3v) is 3.43. The number of fused-ring (bicyclic) bond motifs is 1. The number of nitrogens with zero attached hydrogens (tertiary/aromatic N) is 4. The summed E-state index contributed by atoms with van der Waals surface area (Å²) in [6.07, 6.45) is 3.37. The van der Waals surface area contributed by atoms with Crippen LogP contribution >= 0.6 is 7.60 Å². The SMILES string of the molecule is CC(C)(C)Cc1ncnc2c1ncn2CCOCP(=O)(O)O. The van der Waals surface area contributed by atoms with E-state index in [4.69, 9.17) is 14.5 Å².